The Balaban J connectivity index is 0.000000380. The van der Waals surface area contributed by atoms with Crippen molar-refractivity contribution in [1.82, 2.24) is 15.1 Å². The zero-order chi connectivity index (χ0) is 41.3. The second-order valence-electron chi connectivity index (χ2n) is 16.5. The third-order valence-corrected chi connectivity index (χ3v) is 10.6. The molecule has 1 unspecified atom stereocenters. The van der Waals surface area contributed by atoms with Crippen LogP contribution in [0.2, 0.25) is 0 Å². The third-order valence-electron chi connectivity index (χ3n) is 9.52. The van der Waals surface area contributed by atoms with E-state index in [-0.39, 0.29) is 60.5 Å². The second kappa shape index (κ2) is 19.4. The van der Waals surface area contributed by atoms with Gasteiger partial charge in [0.2, 0.25) is 11.8 Å². The van der Waals surface area contributed by atoms with E-state index in [0.717, 1.165) is 14.5 Å². The summed E-state index contributed by atoms with van der Waals surface area (Å²) in [5, 5.41) is 22.8. The number of nitrogens with one attached hydrogen (secondary N) is 1. The molecule has 0 spiro atoms. The summed E-state index contributed by atoms with van der Waals surface area (Å²) < 4.78 is 12.5. The largest absolute Gasteiger partial charge is 1.00 e. The van der Waals surface area contributed by atoms with E-state index in [1.165, 1.54) is 16.7 Å². The van der Waals surface area contributed by atoms with Gasteiger partial charge in [-0.25, -0.2) is 14.6 Å². The van der Waals surface area contributed by atoms with Crippen LogP contribution >= 0.6 is 31.9 Å². The van der Waals surface area contributed by atoms with Gasteiger partial charge in [-0.2, -0.15) is 0 Å². The van der Waals surface area contributed by atoms with Crippen molar-refractivity contribution in [1.29, 1.82) is 0 Å². The van der Waals surface area contributed by atoms with Gasteiger partial charge < -0.3 is 36.2 Å². The number of halogens is 2. The number of aliphatic hydroxyl groups is 2. The molecule has 5 rings (SSSR count). The molecule has 57 heavy (non-hydrogen) atoms. The Morgan fingerprint density at radius 2 is 1.28 bits per heavy atom. The van der Waals surface area contributed by atoms with Gasteiger partial charge in [-0.3, -0.25) is 24.2 Å². The smallest absolute Gasteiger partial charge is 0.870 e. The summed E-state index contributed by atoms with van der Waals surface area (Å²) in [7, 11) is 0. The van der Waals surface area contributed by atoms with E-state index in [4.69, 9.17) is 15.2 Å². The van der Waals surface area contributed by atoms with E-state index in [1.807, 2.05) is 31.2 Å². The fraction of sp³-hybridized carbons (Fsp3) is 0.538. The molecule has 0 aliphatic carbocycles. The van der Waals surface area contributed by atoms with Crippen LogP contribution in [0.1, 0.15) is 85.8 Å². The normalized spacial score (nSPS) is 24.1. The minimum absolute atomic E-state index is 0. The molecule has 2 fully saturated rings. The van der Waals surface area contributed by atoms with Gasteiger partial charge in [0.1, 0.15) is 22.8 Å². The van der Waals surface area contributed by atoms with Gasteiger partial charge in [-0.05, 0) is 90.8 Å². The fourth-order valence-electron chi connectivity index (χ4n) is 6.59. The number of carbonyl (C=O) groups excluding carboxylic acids is 5. The summed E-state index contributed by atoms with van der Waals surface area (Å²) in [6.07, 6.45) is -1.88. The number of hydrogen-bond donors (Lipinski definition) is 4. The molecule has 0 bridgehead atoms. The Morgan fingerprint density at radius 1 is 0.825 bits per heavy atom. The van der Waals surface area contributed by atoms with Crippen molar-refractivity contribution >= 4 is 67.5 Å². The summed E-state index contributed by atoms with van der Waals surface area (Å²) >= 11 is 6.73. The molecule has 3 heterocycles. The molecule has 18 heteroatoms. The Kier molecular flexibility index (Phi) is 17.1. The van der Waals surface area contributed by atoms with Gasteiger partial charge in [-0.1, -0.05) is 56.1 Å². The number of benzene rings is 2. The van der Waals surface area contributed by atoms with E-state index in [1.54, 1.807) is 65.8 Å². The number of ether oxygens (including phenoxy) is 2. The van der Waals surface area contributed by atoms with E-state index in [2.05, 4.69) is 42.2 Å². The van der Waals surface area contributed by atoms with Crippen LogP contribution in [0.25, 0.3) is 0 Å². The summed E-state index contributed by atoms with van der Waals surface area (Å²) in [6, 6.07) is 13.0. The van der Waals surface area contributed by atoms with Gasteiger partial charge >= 0.3 is 41.7 Å². The van der Waals surface area contributed by atoms with Gasteiger partial charge in [0.25, 0.3) is 5.91 Å². The van der Waals surface area contributed by atoms with Crippen molar-refractivity contribution in [3.8, 4) is 0 Å². The van der Waals surface area contributed by atoms with Crippen LogP contribution in [0.15, 0.2) is 62.5 Å². The minimum atomic E-state index is -1.48. The molecule has 2 aromatic carbocycles. The Hall–Kier alpha value is -2.90. The Morgan fingerprint density at radius 3 is 1.77 bits per heavy atom. The van der Waals surface area contributed by atoms with Crippen LogP contribution in [0.3, 0.4) is 0 Å². The van der Waals surface area contributed by atoms with Crippen LogP contribution in [0.4, 0.5) is 9.59 Å². The summed E-state index contributed by atoms with van der Waals surface area (Å²) in [5.74, 6) is -1.55. The van der Waals surface area contributed by atoms with E-state index in [9.17, 15) is 34.2 Å². The van der Waals surface area contributed by atoms with Crippen molar-refractivity contribution in [2.45, 2.75) is 121 Å². The number of nitrogens with zero attached hydrogens (tertiary/aromatic N) is 3. The summed E-state index contributed by atoms with van der Waals surface area (Å²) in [5.41, 5.74) is 3.97. The van der Waals surface area contributed by atoms with Crippen LogP contribution in [-0.4, -0.2) is 110 Å². The van der Waals surface area contributed by atoms with Crippen LogP contribution in [0, 0.1) is 0 Å². The molecule has 3 aliphatic heterocycles. The standard InChI is InChI=1S/C20H25BrN2O4.C19H26BrN3O5.Na.H2O/c1-19(2,3)27-18(26)23-11-14(24)9-16(23)15-10-20(4,17(25)22-15)12-5-7-13(21)8-6-12;1-18(2,3)28-17(27)23-10-13(24)9-14(23)15(25)22-19(4,16(21)26)11-5-7-12(20)8-6-11;;/h5-8,14,16,24H,9-11H2,1-4H3;5-8,13-14,24H,9-10H2,1-4H3,(H2,21,26)(H,22,25);;1H2/q;;+1;/p-1/t14-,16?,20+;13-,14+,19+;;/m11../s1. The zero-order valence-corrected chi connectivity index (χ0v) is 39.0. The monoisotopic (exact) mass is 931 g/mol. The predicted molar refractivity (Wildman–Crippen MR) is 214 cm³/mol. The first kappa shape index (κ1) is 50.2. The Bertz CT molecular complexity index is 1820. The molecule has 6 atom stereocenters. The van der Waals surface area contributed by atoms with Gasteiger partial charge in [0.15, 0.2) is 0 Å². The maximum Gasteiger partial charge on any atom is 1.00 e. The first-order chi connectivity index (χ1) is 25.3. The van der Waals surface area contributed by atoms with Crippen molar-refractivity contribution < 1.29 is 78.7 Å². The molecule has 3 aliphatic rings. The molecule has 15 nitrogen and oxygen atoms in total. The number of hydrogen-bond acceptors (Lipinski definition) is 10. The zero-order valence-electron chi connectivity index (χ0n) is 33.8. The minimum Gasteiger partial charge on any atom is -0.870 e. The number of primary amides is 1. The van der Waals surface area contributed by atoms with Crippen molar-refractivity contribution in [2.24, 2.45) is 10.7 Å². The van der Waals surface area contributed by atoms with Gasteiger partial charge in [0, 0.05) is 33.9 Å². The fourth-order valence-corrected chi connectivity index (χ4v) is 7.12. The summed E-state index contributed by atoms with van der Waals surface area (Å²) in [4.78, 5) is 69.8. The maximum atomic E-state index is 12.9. The van der Waals surface area contributed by atoms with E-state index < -0.39 is 70.4 Å². The molecule has 5 amide bonds. The van der Waals surface area contributed by atoms with Gasteiger partial charge in [0.05, 0.1) is 36.8 Å². The van der Waals surface area contributed by atoms with Crippen LogP contribution in [-0.2, 0) is 34.8 Å². The first-order valence-electron chi connectivity index (χ1n) is 17.9. The van der Waals surface area contributed by atoms with Crippen molar-refractivity contribution in [3.63, 3.8) is 0 Å². The number of β-amino-alcohol motifs (C(OH)–C–C–N with tert-alkyl or cyclic N) is 2. The number of amides is 5. The molecule has 0 radical (unpaired) electrons. The molecule has 6 N–H and O–H groups in total. The number of rotatable bonds is 6. The second-order valence-corrected chi connectivity index (χ2v) is 18.3. The summed E-state index contributed by atoms with van der Waals surface area (Å²) in [6.45, 7) is 14.1. The molecular weight excluding hydrogens is 881 g/mol. The molecule has 308 valence electrons. The quantitative estimate of drug-likeness (QED) is 0.308. The van der Waals surface area contributed by atoms with Crippen molar-refractivity contribution in [3.05, 3.63) is 68.6 Å². The number of carbonyl (C=O) groups is 5. The predicted octanol–water partition coefficient (Wildman–Crippen LogP) is 1.91. The first-order valence-corrected chi connectivity index (χ1v) is 19.5. The third kappa shape index (κ3) is 12.6. The SMILES string of the molecule is CC(C)(C)OC(=O)N1C[C@H](O)CC1C1=NC(=O)[C@](C)(c2ccc(Br)cc2)C1.CC(C)(C)OC(=O)N1C[C@H](O)C[C@H]1C(=O)N[C@](C)(C(N)=O)c1ccc(Br)cc1.[Na+].[OH-]. The van der Waals surface area contributed by atoms with E-state index in [0.29, 0.717) is 24.1 Å². The number of aliphatic imine (C=N–C) groups is 1. The maximum absolute atomic E-state index is 12.9. The van der Waals surface area contributed by atoms with Gasteiger partial charge in [-0.15, -0.1) is 0 Å². The number of aliphatic hydroxyl groups excluding tert-OH is 2. The molecule has 2 aromatic rings. The molecule has 0 aromatic heterocycles. The molecule has 0 saturated carbocycles. The number of likely N-dealkylation sites (tertiary alicyclic amines) is 2. The van der Waals surface area contributed by atoms with Crippen molar-refractivity contribution in [2.75, 3.05) is 13.1 Å². The number of nitrogens with two attached hydrogens (primary N) is 1. The van der Waals surface area contributed by atoms with Crippen LogP contribution < -0.4 is 40.6 Å². The van der Waals surface area contributed by atoms with Crippen LogP contribution in [0.5, 0.6) is 0 Å². The topological polar surface area (TPSA) is 231 Å². The molecule has 2 saturated heterocycles. The van der Waals surface area contributed by atoms with E-state index >= 15 is 0 Å². The Labute approximate surface area is 372 Å². The average Bonchev–Trinajstić information content (AvgIpc) is 3.75. The molecular formula is C39H52Br2N5NaO10. The average molecular weight is 934 g/mol.